The largest absolute Gasteiger partial charge is 0.235 e. The third-order valence-electron chi connectivity index (χ3n) is 1.49. The topological polar surface area (TPSA) is 25.8 Å². The van der Waals surface area contributed by atoms with Gasteiger partial charge in [0.15, 0.2) is 5.82 Å². The molecule has 2 aromatic heterocycles. The van der Waals surface area contributed by atoms with Crippen LogP contribution in [0.25, 0.3) is 10.7 Å². The van der Waals surface area contributed by atoms with Gasteiger partial charge in [0.25, 0.3) is 0 Å². The molecule has 0 aliphatic carbocycles. The monoisotopic (exact) mass is 352 g/mol. The van der Waals surface area contributed by atoms with Crippen molar-refractivity contribution in [3.8, 4) is 10.7 Å². The fraction of sp³-hybridized carbons (Fsp3) is 0. The molecule has 2 nitrogen and oxygen atoms in total. The zero-order valence-corrected chi connectivity index (χ0v) is 11.4. The molecule has 0 radical (unpaired) electrons. The Morgan fingerprint density at radius 2 is 2.07 bits per heavy atom. The lowest BCUT2D eigenvalue weighted by Crippen LogP contribution is -1.86. The maximum atomic E-state index is 5.87. The molecule has 0 aromatic carbocycles. The normalized spacial score (nSPS) is 10.5. The molecule has 0 aliphatic rings. The summed E-state index contributed by atoms with van der Waals surface area (Å²) in [5, 5.41) is 0.430. The van der Waals surface area contributed by atoms with E-state index in [0.717, 1.165) is 8.66 Å². The highest BCUT2D eigenvalue weighted by molar-refractivity contribution is 9.11. The van der Waals surface area contributed by atoms with Gasteiger partial charge >= 0.3 is 0 Å². The Labute approximate surface area is 107 Å². The summed E-state index contributed by atoms with van der Waals surface area (Å²) in [6, 6.07) is 3.91. The molecule has 72 valence electrons. The number of rotatable bonds is 1. The van der Waals surface area contributed by atoms with E-state index in [0.29, 0.717) is 15.5 Å². The molecule has 14 heavy (non-hydrogen) atoms. The molecular weight excluding hydrogens is 351 g/mol. The minimum atomic E-state index is 0.430. The fourth-order valence-electron chi connectivity index (χ4n) is 0.900. The fourth-order valence-corrected chi connectivity index (χ4v) is 2.55. The van der Waals surface area contributed by atoms with Crippen molar-refractivity contribution in [2.45, 2.75) is 0 Å². The third kappa shape index (κ3) is 2.16. The molecule has 0 fully saturated rings. The van der Waals surface area contributed by atoms with E-state index in [-0.39, 0.29) is 0 Å². The minimum absolute atomic E-state index is 0.430. The first-order valence-corrected chi connectivity index (χ1v) is 6.38. The summed E-state index contributed by atoms with van der Waals surface area (Å²) in [5.74, 6) is 0.647. The molecule has 0 unspecified atom stereocenters. The lowest BCUT2D eigenvalue weighted by Gasteiger charge is -1.97. The van der Waals surface area contributed by atoms with Crippen molar-refractivity contribution < 1.29 is 0 Å². The molecule has 0 atom stereocenters. The Morgan fingerprint density at radius 3 is 2.64 bits per heavy atom. The van der Waals surface area contributed by atoms with E-state index in [1.807, 2.05) is 12.1 Å². The SMILES string of the molecule is Clc1nc(-c2ccc(Br)s2)ncc1Br. The molecule has 2 rings (SSSR count). The van der Waals surface area contributed by atoms with E-state index in [4.69, 9.17) is 11.6 Å². The highest BCUT2D eigenvalue weighted by Crippen LogP contribution is 2.30. The van der Waals surface area contributed by atoms with E-state index in [2.05, 4.69) is 41.8 Å². The Morgan fingerprint density at radius 1 is 1.29 bits per heavy atom. The summed E-state index contributed by atoms with van der Waals surface area (Å²) in [5.41, 5.74) is 0. The number of nitrogens with zero attached hydrogens (tertiary/aromatic N) is 2. The van der Waals surface area contributed by atoms with Gasteiger partial charge in [-0.15, -0.1) is 11.3 Å². The number of aromatic nitrogens is 2. The van der Waals surface area contributed by atoms with Gasteiger partial charge in [0.05, 0.1) is 13.1 Å². The molecule has 0 spiro atoms. The molecule has 0 aliphatic heterocycles. The Balaban J connectivity index is 2.47. The standard InChI is InChI=1S/C8H3Br2ClN2S/c9-4-3-12-8(13-7(4)11)5-1-2-6(10)14-5/h1-3H. The van der Waals surface area contributed by atoms with Crippen LogP contribution in [0.2, 0.25) is 5.15 Å². The van der Waals surface area contributed by atoms with Gasteiger partial charge in [-0.1, -0.05) is 11.6 Å². The highest BCUT2D eigenvalue weighted by atomic mass is 79.9. The molecular formula is C8H3Br2ClN2S. The van der Waals surface area contributed by atoms with Gasteiger partial charge in [0, 0.05) is 6.20 Å². The third-order valence-corrected chi connectivity index (χ3v) is 4.21. The van der Waals surface area contributed by atoms with Crippen LogP contribution < -0.4 is 0 Å². The summed E-state index contributed by atoms with van der Waals surface area (Å²) >= 11 is 14.1. The molecule has 0 N–H and O–H groups in total. The van der Waals surface area contributed by atoms with Crippen molar-refractivity contribution in [1.82, 2.24) is 9.97 Å². The van der Waals surface area contributed by atoms with Gasteiger partial charge in [0.2, 0.25) is 0 Å². The van der Waals surface area contributed by atoms with Crippen LogP contribution in [0.3, 0.4) is 0 Å². The van der Waals surface area contributed by atoms with E-state index in [1.54, 1.807) is 17.5 Å². The van der Waals surface area contributed by atoms with E-state index >= 15 is 0 Å². The van der Waals surface area contributed by atoms with E-state index in [9.17, 15) is 0 Å². The second-order valence-electron chi connectivity index (χ2n) is 2.44. The van der Waals surface area contributed by atoms with Crippen LogP contribution in [0.5, 0.6) is 0 Å². The van der Waals surface area contributed by atoms with Crippen LogP contribution in [-0.2, 0) is 0 Å². The summed E-state index contributed by atoms with van der Waals surface area (Å²) < 4.78 is 1.76. The zero-order valence-electron chi connectivity index (χ0n) is 6.67. The molecule has 0 saturated heterocycles. The summed E-state index contributed by atoms with van der Waals surface area (Å²) in [7, 11) is 0. The van der Waals surface area contributed by atoms with Gasteiger partial charge in [-0.2, -0.15) is 0 Å². The van der Waals surface area contributed by atoms with Gasteiger partial charge < -0.3 is 0 Å². The first-order chi connectivity index (χ1) is 6.66. The van der Waals surface area contributed by atoms with Crippen molar-refractivity contribution >= 4 is 54.8 Å². The maximum absolute atomic E-state index is 5.87. The lowest BCUT2D eigenvalue weighted by molar-refractivity contribution is 1.17. The quantitative estimate of drug-likeness (QED) is 0.710. The number of hydrogen-bond donors (Lipinski definition) is 0. The average Bonchev–Trinajstić information content (AvgIpc) is 2.57. The Hall–Kier alpha value is 0.0300. The van der Waals surface area contributed by atoms with Crippen molar-refractivity contribution in [3.63, 3.8) is 0 Å². The second kappa shape index (κ2) is 4.26. The van der Waals surface area contributed by atoms with Crippen molar-refractivity contribution in [1.29, 1.82) is 0 Å². The van der Waals surface area contributed by atoms with Crippen molar-refractivity contribution in [2.75, 3.05) is 0 Å². The number of hydrogen-bond acceptors (Lipinski definition) is 3. The number of halogens is 3. The molecule has 0 amide bonds. The van der Waals surface area contributed by atoms with Crippen LogP contribution in [0.4, 0.5) is 0 Å². The van der Waals surface area contributed by atoms with Crippen LogP contribution in [0, 0.1) is 0 Å². The van der Waals surface area contributed by atoms with Crippen molar-refractivity contribution in [3.05, 3.63) is 31.7 Å². The van der Waals surface area contributed by atoms with Crippen LogP contribution in [0.1, 0.15) is 0 Å². The predicted octanol–water partition coefficient (Wildman–Crippen LogP) is 4.38. The average molecular weight is 354 g/mol. The smallest absolute Gasteiger partial charge is 0.171 e. The van der Waals surface area contributed by atoms with Crippen molar-refractivity contribution in [2.24, 2.45) is 0 Å². The lowest BCUT2D eigenvalue weighted by atomic mass is 10.4. The maximum Gasteiger partial charge on any atom is 0.171 e. The Bertz CT molecular complexity index is 472. The predicted molar refractivity (Wildman–Crippen MR) is 65.8 cm³/mol. The van der Waals surface area contributed by atoms with Gasteiger partial charge in [-0.25, -0.2) is 9.97 Å². The Kier molecular flexibility index (Phi) is 3.21. The number of thiophene rings is 1. The van der Waals surface area contributed by atoms with E-state index in [1.165, 1.54) is 0 Å². The first-order valence-electron chi connectivity index (χ1n) is 3.60. The molecule has 0 saturated carbocycles. The highest BCUT2D eigenvalue weighted by Gasteiger charge is 2.06. The van der Waals surface area contributed by atoms with Crippen LogP contribution in [0.15, 0.2) is 26.6 Å². The molecule has 2 heterocycles. The second-order valence-corrected chi connectivity index (χ2v) is 6.11. The van der Waals surface area contributed by atoms with Gasteiger partial charge in [-0.05, 0) is 44.0 Å². The minimum Gasteiger partial charge on any atom is -0.235 e. The molecule has 6 heteroatoms. The molecule has 0 bridgehead atoms. The van der Waals surface area contributed by atoms with E-state index < -0.39 is 0 Å². The van der Waals surface area contributed by atoms with Gasteiger partial charge in [0.1, 0.15) is 5.15 Å². The van der Waals surface area contributed by atoms with Crippen LogP contribution in [-0.4, -0.2) is 9.97 Å². The van der Waals surface area contributed by atoms with Gasteiger partial charge in [-0.3, -0.25) is 0 Å². The first kappa shape index (κ1) is 10.5. The summed E-state index contributed by atoms with van der Waals surface area (Å²) in [6.45, 7) is 0. The summed E-state index contributed by atoms with van der Waals surface area (Å²) in [4.78, 5) is 9.32. The van der Waals surface area contributed by atoms with Crippen LogP contribution >= 0.6 is 54.8 Å². The molecule has 2 aromatic rings. The summed E-state index contributed by atoms with van der Waals surface area (Å²) in [6.07, 6.45) is 1.65. The zero-order chi connectivity index (χ0) is 10.1.